The molecule has 0 atom stereocenters. The Labute approximate surface area is 177 Å². The lowest BCUT2D eigenvalue weighted by atomic mass is 9.84. The van der Waals surface area contributed by atoms with Gasteiger partial charge in [-0.15, -0.1) is 0 Å². The quantitative estimate of drug-likeness (QED) is 0.241. The number of benzene rings is 5. The summed E-state index contributed by atoms with van der Waals surface area (Å²) in [7, 11) is 0. The van der Waals surface area contributed by atoms with Crippen LogP contribution in [0.5, 0.6) is 0 Å². The Hall–Kier alpha value is -4.72. The number of hydrogen-bond donors (Lipinski definition) is 4. The van der Waals surface area contributed by atoms with Crippen molar-refractivity contribution in [1.82, 2.24) is 0 Å². The molecule has 8 heteroatoms. The van der Waals surface area contributed by atoms with Crippen molar-refractivity contribution in [2.24, 2.45) is 0 Å². The van der Waals surface area contributed by atoms with Gasteiger partial charge < -0.3 is 20.4 Å². The normalized spacial score (nSPS) is 11.5. The van der Waals surface area contributed by atoms with E-state index in [0.717, 1.165) is 6.07 Å². The first-order valence-electron chi connectivity index (χ1n) is 9.35. The monoisotopic (exact) mass is 428 g/mol. The molecule has 0 saturated heterocycles. The molecule has 0 aliphatic heterocycles. The number of rotatable bonds is 4. The smallest absolute Gasteiger partial charge is 0.336 e. The minimum atomic E-state index is -1.35. The molecule has 0 bridgehead atoms. The summed E-state index contributed by atoms with van der Waals surface area (Å²) in [6.45, 7) is 0. The van der Waals surface area contributed by atoms with Gasteiger partial charge in [0.15, 0.2) is 0 Å². The third-order valence-corrected chi connectivity index (χ3v) is 5.80. The Bertz CT molecular complexity index is 1660. The molecule has 0 unspecified atom stereocenters. The molecule has 32 heavy (non-hydrogen) atoms. The molecule has 5 aromatic rings. The van der Waals surface area contributed by atoms with Crippen LogP contribution in [0.3, 0.4) is 0 Å². The van der Waals surface area contributed by atoms with E-state index in [4.69, 9.17) is 0 Å². The number of carbonyl (C=O) groups is 4. The van der Waals surface area contributed by atoms with Crippen molar-refractivity contribution in [1.29, 1.82) is 0 Å². The zero-order valence-electron chi connectivity index (χ0n) is 16.0. The van der Waals surface area contributed by atoms with Crippen LogP contribution in [0, 0.1) is 0 Å². The molecule has 0 radical (unpaired) electrons. The summed E-state index contributed by atoms with van der Waals surface area (Å²) < 4.78 is 0. The van der Waals surface area contributed by atoms with Gasteiger partial charge in [-0.25, -0.2) is 19.2 Å². The Kier molecular flexibility index (Phi) is 3.84. The zero-order valence-corrected chi connectivity index (χ0v) is 16.0. The fourth-order valence-electron chi connectivity index (χ4n) is 4.61. The molecule has 0 saturated carbocycles. The summed E-state index contributed by atoms with van der Waals surface area (Å²) in [4.78, 5) is 47.8. The van der Waals surface area contributed by atoms with Gasteiger partial charge in [0, 0.05) is 10.8 Å². The van der Waals surface area contributed by atoms with Crippen LogP contribution in [-0.4, -0.2) is 44.3 Å². The Morgan fingerprint density at radius 2 is 0.906 bits per heavy atom. The fourth-order valence-corrected chi connectivity index (χ4v) is 4.61. The van der Waals surface area contributed by atoms with E-state index in [1.54, 1.807) is 18.2 Å². The van der Waals surface area contributed by atoms with Gasteiger partial charge >= 0.3 is 23.9 Å². The molecule has 0 fully saturated rings. The molecule has 156 valence electrons. The lowest BCUT2D eigenvalue weighted by Crippen LogP contribution is -2.07. The van der Waals surface area contributed by atoms with Gasteiger partial charge in [0.2, 0.25) is 0 Å². The highest BCUT2D eigenvalue weighted by molar-refractivity contribution is 6.38. The van der Waals surface area contributed by atoms with Crippen molar-refractivity contribution < 1.29 is 39.6 Å². The maximum absolute atomic E-state index is 12.1. The molecule has 8 nitrogen and oxygen atoms in total. The molecule has 5 aromatic carbocycles. The third kappa shape index (κ3) is 2.37. The van der Waals surface area contributed by atoms with Gasteiger partial charge in [-0.05, 0) is 50.5 Å². The van der Waals surface area contributed by atoms with Crippen molar-refractivity contribution in [3.63, 3.8) is 0 Å². The van der Waals surface area contributed by atoms with Gasteiger partial charge in [-0.3, -0.25) is 0 Å². The highest BCUT2D eigenvalue weighted by atomic mass is 16.4. The summed E-state index contributed by atoms with van der Waals surface area (Å²) >= 11 is 0. The molecular formula is C24H12O8. The highest BCUT2D eigenvalue weighted by Gasteiger charge is 2.26. The van der Waals surface area contributed by atoms with E-state index in [1.165, 1.54) is 24.3 Å². The molecule has 0 aliphatic carbocycles. The first kappa shape index (κ1) is 19.3. The van der Waals surface area contributed by atoms with Gasteiger partial charge in [0.1, 0.15) is 0 Å². The van der Waals surface area contributed by atoms with Crippen molar-refractivity contribution in [3.8, 4) is 0 Å². The number of aromatic carboxylic acids is 4. The highest BCUT2D eigenvalue weighted by Crippen LogP contribution is 2.44. The minimum Gasteiger partial charge on any atom is -0.478 e. The van der Waals surface area contributed by atoms with E-state index in [1.807, 2.05) is 0 Å². The summed E-state index contributed by atoms with van der Waals surface area (Å²) in [5.74, 6) is -5.28. The van der Waals surface area contributed by atoms with E-state index in [2.05, 4.69) is 0 Å². The Balaban J connectivity index is 2.22. The van der Waals surface area contributed by atoms with Crippen molar-refractivity contribution in [3.05, 3.63) is 70.8 Å². The molecule has 0 amide bonds. The van der Waals surface area contributed by atoms with Crippen molar-refractivity contribution in [2.45, 2.75) is 0 Å². The molecule has 4 N–H and O–H groups in total. The maximum Gasteiger partial charge on any atom is 0.336 e. The van der Waals surface area contributed by atoms with Gasteiger partial charge in [-0.2, -0.15) is 0 Å². The second-order valence-electron chi connectivity index (χ2n) is 7.37. The van der Waals surface area contributed by atoms with Crippen molar-refractivity contribution >= 4 is 67.0 Å². The lowest BCUT2D eigenvalue weighted by Gasteiger charge is -2.19. The molecule has 0 aromatic heterocycles. The van der Waals surface area contributed by atoms with Crippen LogP contribution in [0.15, 0.2) is 48.5 Å². The largest absolute Gasteiger partial charge is 0.478 e. The lowest BCUT2D eigenvalue weighted by molar-refractivity contribution is 0.0680. The Morgan fingerprint density at radius 1 is 0.438 bits per heavy atom. The topological polar surface area (TPSA) is 149 Å². The first-order chi connectivity index (χ1) is 15.2. The first-order valence-corrected chi connectivity index (χ1v) is 9.35. The SMILES string of the molecule is O=C(O)c1cc(C(=O)O)c2c3ccc(C(=O)O)c4c(C(=O)O)ccc(c5cccc1c52)c43. The predicted octanol–water partition coefficient (Wildman–Crippen LogP) is 4.53. The second kappa shape index (κ2) is 6.39. The van der Waals surface area contributed by atoms with E-state index in [9.17, 15) is 39.6 Å². The summed E-state index contributed by atoms with van der Waals surface area (Å²) in [6.07, 6.45) is 0. The number of hydrogen-bond acceptors (Lipinski definition) is 4. The van der Waals surface area contributed by atoms with E-state index in [0.29, 0.717) is 32.3 Å². The number of carboxylic acids is 4. The second-order valence-corrected chi connectivity index (χ2v) is 7.37. The Morgan fingerprint density at radius 3 is 1.47 bits per heavy atom. The molecule has 0 spiro atoms. The van der Waals surface area contributed by atoms with Crippen LogP contribution in [0.2, 0.25) is 0 Å². The van der Waals surface area contributed by atoms with Crippen LogP contribution in [0.1, 0.15) is 41.4 Å². The summed E-state index contributed by atoms with van der Waals surface area (Å²) in [5, 5.41) is 41.6. The predicted molar refractivity (Wildman–Crippen MR) is 115 cm³/mol. The summed E-state index contributed by atoms with van der Waals surface area (Å²) in [5.41, 5.74) is -0.888. The minimum absolute atomic E-state index is 0.0127. The fraction of sp³-hybridized carbons (Fsp3) is 0. The van der Waals surface area contributed by atoms with Crippen LogP contribution >= 0.6 is 0 Å². The van der Waals surface area contributed by atoms with E-state index < -0.39 is 23.9 Å². The summed E-state index contributed by atoms with van der Waals surface area (Å²) in [6, 6.07) is 11.5. The van der Waals surface area contributed by atoms with Crippen LogP contribution in [-0.2, 0) is 0 Å². The zero-order chi connectivity index (χ0) is 22.9. The number of carboxylic acid groups (broad SMARTS) is 4. The maximum atomic E-state index is 12.1. The van der Waals surface area contributed by atoms with Crippen LogP contribution < -0.4 is 0 Å². The van der Waals surface area contributed by atoms with Crippen LogP contribution in [0.25, 0.3) is 43.1 Å². The molecule has 5 rings (SSSR count). The van der Waals surface area contributed by atoms with Gasteiger partial charge in [-0.1, -0.05) is 30.3 Å². The van der Waals surface area contributed by atoms with Crippen LogP contribution in [0.4, 0.5) is 0 Å². The van der Waals surface area contributed by atoms with E-state index >= 15 is 0 Å². The van der Waals surface area contributed by atoms with Gasteiger partial charge in [0.25, 0.3) is 0 Å². The average Bonchev–Trinajstić information content (AvgIpc) is 2.75. The van der Waals surface area contributed by atoms with E-state index in [-0.39, 0.29) is 33.0 Å². The number of fused-ring (bicyclic) bond motifs is 2. The average molecular weight is 428 g/mol. The van der Waals surface area contributed by atoms with Gasteiger partial charge in [0.05, 0.1) is 22.3 Å². The molecular weight excluding hydrogens is 416 g/mol. The standard InChI is InChI=1S/C24H12O8/c25-21(26)13-6-4-11-9-2-1-3-10-15(23(29)30)8-16(24(31)32)19(17(9)10)12-5-7-14(22(27)28)20(13)18(11)12/h1-8H,(H,25,26)(H,27,28)(H,29,30)(H,31,32). The molecule has 0 aliphatic rings. The van der Waals surface area contributed by atoms with Crippen molar-refractivity contribution in [2.75, 3.05) is 0 Å². The third-order valence-electron chi connectivity index (χ3n) is 5.80. The molecule has 0 heterocycles.